The van der Waals surface area contributed by atoms with E-state index in [1.807, 2.05) is 19.2 Å². The molecule has 0 saturated heterocycles. The van der Waals surface area contributed by atoms with Crippen molar-refractivity contribution in [1.82, 2.24) is 4.98 Å². The molecule has 4 heteroatoms. The molecule has 19 heavy (non-hydrogen) atoms. The van der Waals surface area contributed by atoms with Crippen LogP contribution in [0.4, 0.5) is 5.69 Å². The number of aromatic nitrogens is 1. The van der Waals surface area contributed by atoms with Crippen LogP contribution in [-0.2, 0) is 4.79 Å². The van der Waals surface area contributed by atoms with Crippen molar-refractivity contribution in [2.75, 3.05) is 11.6 Å². The standard InChI is InChI=1S/C15H16N2OS/c1-10-15(17-11(2)18)8-13(9-16-10)12-4-6-14(19-3)7-5-12/h4-9H,1-3H3,(H,17,18). The molecular weight excluding hydrogens is 256 g/mol. The van der Waals surface area contributed by atoms with Gasteiger partial charge in [0.1, 0.15) is 0 Å². The molecule has 98 valence electrons. The number of hydrogen-bond donors (Lipinski definition) is 1. The number of aryl methyl sites for hydroxylation is 1. The Bertz CT molecular complexity index is 594. The molecule has 1 heterocycles. The highest BCUT2D eigenvalue weighted by molar-refractivity contribution is 7.98. The quantitative estimate of drug-likeness (QED) is 0.865. The molecule has 0 aliphatic rings. The van der Waals surface area contributed by atoms with Crippen molar-refractivity contribution >= 4 is 23.4 Å². The zero-order chi connectivity index (χ0) is 13.8. The fourth-order valence-electron chi connectivity index (χ4n) is 1.79. The molecule has 0 bridgehead atoms. The molecule has 0 spiro atoms. The van der Waals surface area contributed by atoms with Gasteiger partial charge in [-0.1, -0.05) is 12.1 Å². The van der Waals surface area contributed by atoms with E-state index in [9.17, 15) is 4.79 Å². The number of carbonyl (C=O) groups is 1. The summed E-state index contributed by atoms with van der Waals surface area (Å²) < 4.78 is 0. The second-order valence-electron chi connectivity index (χ2n) is 4.27. The van der Waals surface area contributed by atoms with Gasteiger partial charge in [-0.05, 0) is 36.9 Å². The van der Waals surface area contributed by atoms with Crippen LogP contribution in [0.1, 0.15) is 12.6 Å². The van der Waals surface area contributed by atoms with Gasteiger partial charge in [0.05, 0.1) is 11.4 Å². The fraction of sp³-hybridized carbons (Fsp3) is 0.200. The molecule has 1 amide bonds. The van der Waals surface area contributed by atoms with Crippen LogP contribution in [0.2, 0.25) is 0 Å². The SMILES string of the molecule is CSc1ccc(-c2cnc(C)c(NC(C)=O)c2)cc1. The van der Waals surface area contributed by atoms with E-state index in [0.29, 0.717) is 0 Å². The maximum atomic E-state index is 11.2. The average molecular weight is 272 g/mol. The highest BCUT2D eigenvalue weighted by atomic mass is 32.2. The van der Waals surface area contributed by atoms with Crippen LogP contribution in [0.15, 0.2) is 41.4 Å². The summed E-state index contributed by atoms with van der Waals surface area (Å²) in [4.78, 5) is 16.7. The van der Waals surface area contributed by atoms with Gasteiger partial charge < -0.3 is 5.32 Å². The molecule has 0 unspecified atom stereocenters. The number of anilines is 1. The minimum atomic E-state index is -0.0835. The first-order valence-electron chi connectivity index (χ1n) is 5.99. The molecule has 0 aliphatic heterocycles. The predicted molar refractivity (Wildman–Crippen MR) is 80.5 cm³/mol. The molecular formula is C15H16N2OS. The molecule has 3 nitrogen and oxygen atoms in total. The van der Waals surface area contributed by atoms with Gasteiger partial charge in [-0.3, -0.25) is 9.78 Å². The zero-order valence-corrected chi connectivity index (χ0v) is 12.0. The van der Waals surface area contributed by atoms with Gasteiger partial charge in [0.15, 0.2) is 0 Å². The summed E-state index contributed by atoms with van der Waals surface area (Å²) in [6, 6.07) is 10.2. The van der Waals surface area contributed by atoms with Gasteiger partial charge in [0.25, 0.3) is 0 Å². The molecule has 2 aromatic rings. The van der Waals surface area contributed by atoms with E-state index in [1.165, 1.54) is 11.8 Å². The number of benzene rings is 1. The van der Waals surface area contributed by atoms with Gasteiger partial charge in [-0.15, -0.1) is 11.8 Å². The first-order valence-corrected chi connectivity index (χ1v) is 7.21. The number of pyridine rings is 1. The van der Waals surface area contributed by atoms with E-state index >= 15 is 0 Å². The Labute approximate surface area is 117 Å². The van der Waals surface area contributed by atoms with Gasteiger partial charge in [0.2, 0.25) is 5.91 Å². The molecule has 1 N–H and O–H groups in total. The average Bonchev–Trinajstić information content (AvgIpc) is 2.41. The summed E-state index contributed by atoms with van der Waals surface area (Å²) in [6.45, 7) is 3.38. The molecule has 0 aliphatic carbocycles. The van der Waals surface area contributed by atoms with Crippen molar-refractivity contribution in [2.45, 2.75) is 18.7 Å². The lowest BCUT2D eigenvalue weighted by Gasteiger charge is -2.09. The number of nitrogens with one attached hydrogen (secondary N) is 1. The highest BCUT2D eigenvalue weighted by Gasteiger charge is 2.05. The predicted octanol–water partition coefficient (Wildman–Crippen LogP) is 3.74. The Balaban J connectivity index is 2.36. The van der Waals surface area contributed by atoms with Gasteiger partial charge in [-0.25, -0.2) is 0 Å². The third kappa shape index (κ3) is 3.35. The summed E-state index contributed by atoms with van der Waals surface area (Å²) in [5, 5.41) is 2.80. The molecule has 0 radical (unpaired) electrons. The van der Waals surface area contributed by atoms with Crippen LogP contribution in [-0.4, -0.2) is 17.1 Å². The molecule has 0 fully saturated rings. The van der Waals surface area contributed by atoms with E-state index in [0.717, 1.165) is 22.5 Å². The number of hydrogen-bond acceptors (Lipinski definition) is 3. The van der Waals surface area contributed by atoms with Crippen LogP contribution in [0.5, 0.6) is 0 Å². The van der Waals surface area contributed by atoms with Crippen LogP contribution >= 0.6 is 11.8 Å². The lowest BCUT2D eigenvalue weighted by Crippen LogP contribution is -2.08. The van der Waals surface area contributed by atoms with Crippen LogP contribution in [0.25, 0.3) is 11.1 Å². The summed E-state index contributed by atoms with van der Waals surface area (Å²) in [6.07, 6.45) is 3.88. The number of rotatable bonds is 3. The van der Waals surface area contributed by atoms with E-state index in [-0.39, 0.29) is 5.91 Å². The third-order valence-electron chi connectivity index (χ3n) is 2.82. The second kappa shape index (κ2) is 5.89. The Morgan fingerprint density at radius 1 is 1.21 bits per heavy atom. The third-order valence-corrected chi connectivity index (χ3v) is 3.56. The minimum Gasteiger partial charge on any atom is -0.325 e. The number of carbonyl (C=O) groups excluding carboxylic acids is 1. The van der Waals surface area contributed by atoms with Crippen LogP contribution in [0, 0.1) is 6.92 Å². The number of nitrogens with zero attached hydrogens (tertiary/aromatic N) is 1. The van der Waals surface area contributed by atoms with Crippen LogP contribution in [0.3, 0.4) is 0 Å². The largest absolute Gasteiger partial charge is 0.325 e. The molecule has 2 rings (SSSR count). The van der Waals surface area contributed by atoms with Crippen molar-refractivity contribution in [3.05, 3.63) is 42.2 Å². The molecule has 0 saturated carbocycles. The summed E-state index contributed by atoms with van der Waals surface area (Å²) in [7, 11) is 0. The smallest absolute Gasteiger partial charge is 0.221 e. The highest BCUT2D eigenvalue weighted by Crippen LogP contribution is 2.25. The molecule has 1 aromatic heterocycles. The van der Waals surface area contributed by atoms with Crippen molar-refractivity contribution in [1.29, 1.82) is 0 Å². The molecule has 1 aromatic carbocycles. The lowest BCUT2D eigenvalue weighted by molar-refractivity contribution is -0.114. The van der Waals surface area contributed by atoms with E-state index in [4.69, 9.17) is 0 Å². The Morgan fingerprint density at radius 2 is 1.89 bits per heavy atom. The second-order valence-corrected chi connectivity index (χ2v) is 5.15. The van der Waals surface area contributed by atoms with Crippen molar-refractivity contribution < 1.29 is 4.79 Å². The van der Waals surface area contributed by atoms with E-state index in [2.05, 4.69) is 40.8 Å². The van der Waals surface area contributed by atoms with Gasteiger partial charge >= 0.3 is 0 Å². The maximum Gasteiger partial charge on any atom is 0.221 e. The first-order chi connectivity index (χ1) is 9.10. The molecule has 0 atom stereocenters. The lowest BCUT2D eigenvalue weighted by atomic mass is 10.1. The van der Waals surface area contributed by atoms with Crippen molar-refractivity contribution in [3.63, 3.8) is 0 Å². The summed E-state index contributed by atoms with van der Waals surface area (Å²) in [5.74, 6) is -0.0835. The van der Waals surface area contributed by atoms with Gasteiger partial charge in [-0.2, -0.15) is 0 Å². The monoisotopic (exact) mass is 272 g/mol. The topological polar surface area (TPSA) is 42.0 Å². The summed E-state index contributed by atoms with van der Waals surface area (Å²) >= 11 is 1.71. The fourth-order valence-corrected chi connectivity index (χ4v) is 2.20. The zero-order valence-electron chi connectivity index (χ0n) is 11.2. The maximum absolute atomic E-state index is 11.2. The van der Waals surface area contributed by atoms with E-state index < -0.39 is 0 Å². The van der Waals surface area contributed by atoms with E-state index in [1.54, 1.807) is 11.8 Å². The normalized spacial score (nSPS) is 10.3. The Hall–Kier alpha value is -1.81. The van der Waals surface area contributed by atoms with Crippen molar-refractivity contribution in [3.8, 4) is 11.1 Å². The van der Waals surface area contributed by atoms with Crippen molar-refractivity contribution in [2.24, 2.45) is 0 Å². The van der Waals surface area contributed by atoms with Gasteiger partial charge in [0, 0.05) is 23.6 Å². The Morgan fingerprint density at radius 3 is 2.47 bits per heavy atom. The number of thioether (sulfide) groups is 1. The minimum absolute atomic E-state index is 0.0835. The first kappa shape index (κ1) is 13.6. The summed E-state index contributed by atoms with van der Waals surface area (Å²) in [5.41, 5.74) is 3.68. The Kier molecular flexibility index (Phi) is 4.22. The van der Waals surface area contributed by atoms with Crippen LogP contribution < -0.4 is 5.32 Å². The number of amides is 1.